The van der Waals surface area contributed by atoms with E-state index in [2.05, 4.69) is 0 Å². The first-order valence-electron chi connectivity index (χ1n) is 4.25. The molecule has 0 amide bonds. The summed E-state index contributed by atoms with van der Waals surface area (Å²) in [6.45, 7) is 0. The second kappa shape index (κ2) is 3.05. The summed E-state index contributed by atoms with van der Waals surface area (Å²) in [5.74, 6) is -0.279. The van der Waals surface area contributed by atoms with Crippen molar-refractivity contribution in [2.45, 2.75) is 12.3 Å². The Morgan fingerprint density at radius 2 is 2.15 bits per heavy atom. The molecule has 1 aromatic rings. The molecule has 0 heterocycles. The van der Waals surface area contributed by atoms with E-state index in [1.54, 1.807) is 6.08 Å². The molecule has 0 saturated heterocycles. The lowest BCUT2D eigenvalue weighted by Crippen LogP contribution is -2.11. The molecule has 0 fully saturated rings. The number of allylic oxidation sites excluding steroid dienone is 2. The van der Waals surface area contributed by atoms with E-state index in [1.807, 2.05) is 24.3 Å². The minimum Gasteiger partial charge on any atom is -0.512 e. The summed E-state index contributed by atoms with van der Waals surface area (Å²) in [6.07, 6.45) is 3.19. The highest BCUT2D eigenvalue weighted by Gasteiger charge is 2.21. The zero-order chi connectivity index (χ0) is 9.26. The van der Waals surface area contributed by atoms with Gasteiger partial charge < -0.3 is 9.90 Å². The highest BCUT2D eigenvalue weighted by Crippen LogP contribution is 2.28. The van der Waals surface area contributed by atoms with Gasteiger partial charge in [0.15, 0.2) is 0 Å². The van der Waals surface area contributed by atoms with E-state index in [-0.39, 0.29) is 5.76 Å². The third-order valence-corrected chi connectivity index (χ3v) is 2.38. The summed E-state index contributed by atoms with van der Waals surface area (Å²) in [7, 11) is 0. The Hall–Kier alpha value is -1.57. The fourth-order valence-corrected chi connectivity index (χ4v) is 1.67. The van der Waals surface area contributed by atoms with E-state index in [4.69, 9.17) is 0 Å². The maximum absolute atomic E-state index is 10.7. The predicted molar refractivity (Wildman–Crippen MR) is 49.7 cm³/mol. The quantitative estimate of drug-likeness (QED) is 0.661. The van der Waals surface area contributed by atoms with Gasteiger partial charge in [0.25, 0.3) is 0 Å². The van der Waals surface area contributed by atoms with Crippen molar-refractivity contribution in [1.82, 2.24) is 0 Å². The van der Waals surface area contributed by atoms with Crippen LogP contribution in [0, 0.1) is 0 Å². The van der Waals surface area contributed by atoms with Crippen molar-refractivity contribution in [2.24, 2.45) is 0 Å². The van der Waals surface area contributed by atoms with Crippen molar-refractivity contribution in [2.75, 3.05) is 0 Å². The number of aliphatic hydroxyl groups is 1. The average molecular weight is 174 g/mol. The van der Waals surface area contributed by atoms with Gasteiger partial charge in [0.1, 0.15) is 12.0 Å². The minimum atomic E-state index is -0.454. The summed E-state index contributed by atoms with van der Waals surface area (Å²) < 4.78 is 0. The number of rotatable bonds is 1. The second-order valence-electron chi connectivity index (χ2n) is 3.15. The number of fused-ring (bicyclic) bond motifs is 1. The molecular weight excluding hydrogens is 164 g/mol. The Bertz CT molecular complexity index is 366. The Labute approximate surface area is 76.5 Å². The summed E-state index contributed by atoms with van der Waals surface area (Å²) >= 11 is 0. The normalized spacial score (nSPS) is 20.3. The van der Waals surface area contributed by atoms with Crippen molar-refractivity contribution >= 4 is 6.29 Å². The van der Waals surface area contributed by atoms with Crippen LogP contribution < -0.4 is 0 Å². The maximum Gasteiger partial charge on any atom is 0.135 e. The van der Waals surface area contributed by atoms with Gasteiger partial charge in [-0.2, -0.15) is 0 Å². The first kappa shape index (κ1) is 8.05. The van der Waals surface area contributed by atoms with Gasteiger partial charge in [-0.15, -0.1) is 0 Å². The lowest BCUT2D eigenvalue weighted by atomic mass is 9.87. The molecule has 1 atom stereocenters. The van der Waals surface area contributed by atoms with Crippen LogP contribution in [0.1, 0.15) is 17.0 Å². The van der Waals surface area contributed by atoms with Gasteiger partial charge in [-0.1, -0.05) is 24.3 Å². The van der Waals surface area contributed by atoms with Crippen LogP contribution in [0.3, 0.4) is 0 Å². The van der Waals surface area contributed by atoms with Gasteiger partial charge in [-0.05, 0) is 23.6 Å². The average Bonchev–Trinajstić information content (AvgIpc) is 2.18. The predicted octanol–water partition coefficient (Wildman–Crippen LogP) is 1.97. The van der Waals surface area contributed by atoms with Crippen LogP contribution in [0.2, 0.25) is 0 Å². The van der Waals surface area contributed by atoms with Gasteiger partial charge in [0.05, 0.1) is 5.92 Å². The molecule has 1 aromatic carbocycles. The smallest absolute Gasteiger partial charge is 0.135 e. The number of aldehydes is 1. The zero-order valence-corrected chi connectivity index (χ0v) is 7.10. The highest BCUT2D eigenvalue weighted by molar-refractivity contribution is 5.68. The fourth-order valence-electron chi connectivity index (χ4n) is 1.67. The molecule has 0 spiro atoms. The van der Waals surface area contributed by atoms with Gasteiger partial charge in [0.2, 0.25) is 0 Å². The van der Waals surface area contributed by atoms with E-state index in [9.17, 15) is 9.90 Å². The molecule has 66 valence electrons. The summed E-state index contributed by atoms with van der Waals surface area (Å²) in [4.78, 5) is 10.7. The number of aliphatic hydroxyl groups excluding tert-OH is 1. The lowest BCUT2D eigenvalue weighted by Gasteiger charge is -2.18. The van der Waals surface area contributed by atoms with Crippen LogP contribution >= 0.6 is 0 Å². The second-order valence-corrected chi connectivity index (χ2v) is 3.15. The fraction of sp³-hybridized carbons (Fsp3) is 0.182. The molecule has 0 unspecified atom stereocenters. The van der Waals surface area contributed by atoms with Crippen LogP contribution in [0.5, 0.6) is 0 Å². The summed E-state index contributed by atoms with van der Waals surface area (Å²) in [5.41, 5.74) is 2.05. The first-order chi connectivity index (χ1) is 6.33. The summed E-state index contributed by atoms with van der Waals surface area (Å²) in [5, 5.41) is 9.45. The Balaban J connectivity index is 2.52. The molecule has 2 rings (SSSR count). The minimum absolute atomic E-state index is 0.175. The van der Waals surface area contributed by atoms with Crippen molar-refractivity contribution in [1.29, 1.82) is 0 Å². The number of hydrogen-bond acceptors (Lipinski definition) is 2. The van der Waals surface area contributed by atoms with Crippen LogP contribution in [-0.4, -0.2) is 11.4 Å². The lowest BCUT2D eigenvalue weighted by molar-refractivity contribution is -0.108. The van der Waals surface area contributed by atoms with Crippen molar-refractivity contribution in [3.63, 3.8) is 0 Å². The van der Waals surface area contributed by atoms with E-state index >= 15 is 0 Å². The molecule has 2 heteroatoms. The molecule has 0 saturated carbocycles. The van der Waals surface area contributed by atoms with Crippen LogP contribution in [0.4, 0.5) is 0 Å². The molecule has 0 aromatic heterocycles. The van der Waals surface area contributed by atoms with Crippen LogP contribution in [-0.2, 0) is 11.2 Å². The Kier molecular flexibility index (Phi) is 1.89. The third kappa shape index (κ3) is 1.24. The van der Waals surface area contributed by atoms with Crippen LogP contribution in [0.15, 0.2) is 36.1 Å². The van der Waals surface area contributed by atoms with E-state index in [1.165, 1.54) is 0 Å². The van der Waals surface area contributed by atoms with Gasteiger partial charge >= 0.3 is 0 Å². The SMILES string of the molecule is O=C[C@H]1C(O)=CCc2ccccc21. The topological polar surface area (TPSA) is 37.3 Å². The monoisotopic (exact) mass is 174 g/mol. The van der Waals surface area contributed by atoms with E-state index < -0.39 is 5.92 Å². The van der Waals surface area contributed by atoms with Crippen LogP contribution in [0.25, 0.3) is 0 Å². The number of benzene rings is 1. The number of carbonyl (C=O) groups is 1. The Morgan fingerprint density at radius 1 is 1.38 bits per heavy atom. The molecule has 0 bridgehead atoms. The highest BCUT2D eigenvalue weighted by atomic mass is 16.3. The molecule has 1 N–H and O–H groups in total. The first-order valence-corrected chi connectivity index (χ1v) is 4.25. The maximum atomic E-state index is 10.7. The number of hydrogen-bond donors (Lipinski definition) is 1. The van der Waals surface area contributed by atoms with E-state index in [0.717, 1.165) is 17.4 Å². The Morgan fingerprint density at radius 3 is 2.92 bits per heavy atom. The molecule has 13 heavy (non-hydrogen) atoms. The molecule has 0 aliphatic heterocycles. The number of carbonyl (C=O) groups excluding carboxylic acids is 1. The zero-order valence-electron chi connectivity index (χ0n) is 7.10. The van der Waals surface area contributed by atoms with Crippen molar-refractivity contribution in [3.05, 3.63) is 47.2 Å². The van der Waals surface area contributed by atoms with E-state index in [0.29, 0.717) is 6.42 Å². The van der Waals surface area contributed by atoms with Crippen molar-refractivity contribution in [3.8, 4) is 0 Å². The van der Waals surface area contributed by atoms with Gasteiger partial charge in [-0.25, -0.2) is 0 Å². The molecule has 0 radical (unpaired) electrons. The standard InChI is InChI=1S/C11H10O2/c12-7-10-9-4-2-1-3-8(9)5-6-11(10)13/h1-4,6-7,10,13H,5H2/t10-/m1/s1. The molecule has 1 aliphatic carbocycles. The molecule has 2 nitrogen and oxygen atoms in total. The molecular formula is C11H10O2. The third-order valence-electron chi connectivity index (χ3n) is 2.38. The summed E-state index contributed by atoms with van der Waals surface area (Å²) in [6, 6.07) is 7.69. The van der Waals surface area contributed by atoms with Gasteiger partial charge in [-0.3, -0.25) is 0 Å². The van der Waals surface area contributed by atoms with Gasteiger partial charge in [0, 0.05) is 0 Å². The van der Waals surface area contributed by atoms with Crippen molar-refractivity contribution < 1.29 is 9.90 Å². The largest absolute Gasteiger partial charge is 0.512 e. The molecule has 1 aliphatic rings.